The number of allylic oxidation sites excluding steroid dienone is 2. The van der Waals surface area contributed by atoms with Crippen molar-refractivity contribution in [3.8, 4) is 0 Å². The average Bonchev–Trinajstić information content (AvgIpc) is 3.38. The summed E-state index contributed by atoms with van der Waals surface area (Å²) in [4.78, 5) is 0. The number of halogens is 2. The van der Waals surface area contributed by atoms with Gasteiger partial charge in [-0.25, -0.2) is 0 Å². The van der Waals surface area contributed by atoms with Gasteiger partial charge in [0.05, 0.1) is 0 Å². The van der Waals surface area contributed by atoms with E-state index >= 15 is 0 Å². The first-order chi connectivity index (χ1) is 16.4. The summed E-state index contributed by atoms with van der Waals surface area (Å²) in [6, 6.07) is 41.3. The van der Waals surface area contributed by atoms with Crippen LogP contribution in [0.3, 0.4) is 0 Å². The van der Waals surface area contributed by atoms with E-state index in [1.54, 1.807) is 21.8 Å². The molecule has 5 heteroatoms. The van der Waals surface area contributed by atoms with E-state index in [-0.39, 0.29) is 28.6 Å². The Kier molecular flexibility index (Phi) is 7.03. The predicted molar refractivity (Wildman–Crippen MR) is 140 cm³/mol. The van der Waals surface area contributed by atoms with E-state index in [2.05, 4.69) is 121 Å². The molecular weight excluding hydrogens is 508 g/mol. The van der Waals surface area contributed by atoms with Crippen LogP contribution in [0.1, 0.15) is 30.7 Å². The van der Waals surface area contributed by atoms with Crippen molar-refractivity contribution in [1.82, 2.24) is 0 Å². The normalized spacial score (nSPS) is 22.7. The molecule has 4 aromatic carbocycles. The summed E-state index contributed by atoms with van der Waals surface area (Å²) in [5.41, 5.74) is 6.10. The molecule has 0 aromatic heterocycles. The zero-order valence-corrected chi connectivity index (χ0v) is 22.2. The molecular formula is C30H22F2P2Ti. The Hall–Kier alpha value is -2.21. The van der Waals surface area contributed by atoms with Crippen LogP contribution in [0.2, 0.25) is 0 Å². The Morgan fingerprint density at radius 2 is 0.829 bits per heavy atom. The molecule has 4 atom stereocenters. The van der Waals surface area contributed by atoms with Gasteiger partial charge in [-0.05, 0) is 0 Å². The first-order valence-electron chi connectivity index (χ1n) is 11.5. The van der Waals surface area contributed by atoms with Crippen LogP contribution in [-0.4, -0.2) is 0 Å². The number of rotatable bonds is 2. The van der Waals surface area contributed by atoms with Crippen molar-refractivity contribution in [2.75, 3.05) is 0 Å². The number of fused-ring (bicyclic) bond motifs is 6. The smallest absolute Gasteiger partial charge is 1.00 e. The quantitative estimate of drug-likeness (QED) is 0.274. The molecule has 4 aromatic rings. The number of hydrogen-bond donors (Lipinski definition) is 0. The summed E-state index contributed by atoms with van der Waals surface area (Å²) in [6.45, 7) is 0. The third-order valence-corrected chi connectivity index (χ3v) is 18.3. The minimum Gasteiger partial charge on any atom is -1.00 e. The Morgan fingerprint density at radius 3 is 1.26 bits per heavy atom. The third kappa shape index (κ3) is 4.02. The maximum Gasteiger partial charge on any atom is -1.00 e. The summed E-state index contributed by atoms with van der Waals surface area (Å²) >= 11 is -0.298. The van der Waals surface area contributed by atoms with Gasteiger partial charge in [-0.1, -0.05) is 0 Å². The van der Waals surface area contributed by atoms with Crippen molar-refractivity contribution in [2.24, 2.45) is 0 Å². The Bertz CT molecular complexity index is 1310. The van der Waals surface area contributed by atoms with Gasteiger partial charge in [0.25, 0.3) is 0 Å². The molecule has 0 N–H and O–H groups in total. The number of hydrogen-bond acceptors (Lipinski definition) is 0. The molecule has 0 nitrogen and oxygen atoms in total. The first kappa shape index (κ1) is 24.5. The van der Waals surface area contributed by atoms with E-state index in [4.69, 9.17) is 0 Å². The second kappa shape index (κ2) is 10.0. The molecule has 3 aliphatic rings. The van der Waals surface area contributed by atoms with Crippen molar-refractivity contribution in [3.05, 3.63) is 142 Å². The van der Waals surface area contributed by atoms with E-state index in [1.165, 1.54) is 21.7 Å². The van der Waals surface area contributed by atoms with Crippen LogP contribution < -0.4 is 20.0 Å². The van der Waals surface area contributed by atoms with E-state index in [1.807, 2.05) is 0 Å². The van der Waals surface area contributed by atoms with Crippen LogP contribution in [0.15, 0.2) is 120 Å². The molecule has 4 unspecified atom stereocenters. The van der Waals surface area contributed by atoms with Gasteiger partial charge in [-0.15, -0.1) is 0 Å². The molecule has 35 heavy (non-hydrogen) atoms. The molecule has 170 valence electrons. The van der Waals surface area contributed by atoms with Crippen molar-refractivity contribution >= 4 is 38.0 Å². The van der Waals surface area contributed by atoms with Gasteiger partial charge < -0.3 is 9.41 Å². The van der Waals surface area contributed by atoms with E-state index in [9.17, 15) is 0 Å². The van der Waals surface area contributed by atoms with Gasteiger partial charge in [-0.3, -0.25) is 0 Å². The van der Waals surface area contributed by atoms with Gasteiger partial charge in [-0.2, -0.15) is 0 Å². The zero-order valence-electron chi connectivity index (χ0n) is 18.9. The van der Waals surface area contributed by atoms with Crippen LogP contribution in [-0.2, 0) is 19.2 Å². The fourth-order valence-corrected chi connectivity index (χ4v) is 19.3. The second-order valence-electron chi connectivity index (χ2n) is 8.72. The van der Waals surface area contributed by atoms with Gasteiger partial charge in [0.15, 0.2) is 0 Å². The van der Waals surface area contributed by atoms with Crippen LogP contribution >= 0.6 is 15.2 Å². The van der Waals surface area contributed by atoms with Crippen LogP contribution in [0.5, 0.6) is 0 Å². The topological polar surface area (TPSA) is 0 Å². The molecule has 1 heterocycles. The molecule has 0 radical (unpaired) electrons. The summed E-state index contributed by atoms with van der Waals surface area (Å²) in [7, 11) is -0.931. The molecule has 1 saturated heterocycles. The maximum absolute atomic E-state index is 2.59. The maximum atomic E-state index is 2.59. The van der Waals surface area contributed by atoms with Crippen LogP contribution in [0.4, 0.5) is 0 Å². The van der Waals surface area contributed by atoms with Crippen molar-refractivity contribution in [2.45, 2.75) is 8.45 Å². The Morgan fingerprint density at radius 1 is 0.457 bits per heavy atom. The summed E-state index contributed by atoms with van der Waals surface area (Å²) in [6.07, 6.45) is 5.18. The molecule has 0 saturated carbocycles. The van der Waals surface area contributed by atoms with E-state index < -0.39 is 15.2 Å². The van der Waals surface area contributed by atoms with Crippen LogP contribution in [0.25, 0.3) is 12.2 Å². The molecule has 7 rings (SSSR count). The van der Waals surface area contributed by atoms with E-state index in [0.717, 1.165) is 0 Å². The minimum atomic E-state index is -0.465. The SMILES string of the molecule is C1=C2[CH]([Ti+2][CH]3C(=Cc4ccccc43)P(c3ccccc3)P2c2ccccc2)c2ccccc21.[F-].[F-]. The monoisotopic (exact) mass is 530 g/mol. The third-order valence-electron chi connectivity index (χ3n) is 6.84. The van der Waals surface area contributed by atoms with Crippen molar-refractivity contribution in [3.63, 3.8) is 0 Å². The van der Waals surface area contributed by atoms with Crippen LogP contribution in [0, 0.1) is 0 Å². The summed E-state index contributed by atoms with van der Waals surface area (Å²) in [5.74, 6) is 0. The molecule has 1 aliphatic heterocycles. The summed E-state index contributed by atoms with van der Waals surface area (Å²) in [5, 5.41) is 6.55. The predicted octanol–water partition coefficient (Wildman–Crippen LogP) is 1.81. The average molecular weight is 530 g/mol. The molecule has 2 aliphatic carbocycles. The van der Waals surface area contributed by atoms with Gasteiger partial charge >= 0.3 is 208 Å². The largest absolute Gasteiger partial charge is 1.00 e. The first-order valence-corrected chi connectivity index (χ1v) is 16.6. The number of benzene rings is 4. The molecule has 0 amide bonds. The van der Waals surface area contributed by atoms with Gasteiger partial charge in [0, 0.05) is 0 Å². The standard InChI is InChI=1S/C30H22P2.2FH.Ti/c1-3-15-27(16-4-1)31(29-19-23-11-7-8-12-24(23)20-29)32(28-17-5-2-6-18-28)30-21-25-13-9-10-14-26(25)22-30;;;/h1-22H;2*1H;/q;;;+2/p-2. The Balaban J connectivity index is 0.00000127. The zero-order chi connectivity index (χ0) is 21.8. The van der Waals surface area contributed by atoms with E-state index in [0.29, 0.717) is 8.45 Å². The van der Waals surface area contributed by atoms with Crippen molar-refractivity contribution in [1.29, 1.82) is 0 Å². The molecule has 1 fully saturated rings. The fraction of sp³-hybridized carbons (Fsp3) is 0.0667. The van der Waals surface area contributed by atoms with Crippen molar-refractivity contribution < 1.29 is 28.6 Å². The molecule has 0 bridgehead atoms. The Labute approximate surface area is 216 Å². The van der Waals surface area contributed by atoms with Gasteiger partial charge in [0.2, 0.25) is 0 Å². The second-order valence-corrected chi connectivity index (χ2v) is 16.8. The minimum absolute atomic E-state index is 0. The summed E-state index contributed by atoms with van der Waals surface area (Å²) < 4.78 is 1.26. The fourth-order valence-electron chi connectivity index (χ4n) is 5.40. The molecule has 0 spiro atoms. The van der Waals surface area contributed by atoms with Gasteiger partial charge in [0.1, 0.15) is 0 Å².